The molecule has 116 valence electrons. The third kappa shape index (κ3) is 3.08. The first kappa shape index (κ1) is 15.2. The number of hydrogen-bond donors (Lipinski definition) is 1. The largest absolute Gasteiger partial charge is 0.391 e. The van der Waals surface area contributed by atoms with Crippen LogP contribution in [-0.4, -0.2) is 28.6 Å². The highest BCUT2D eigenvalue weighted by Crippen LogP contribution is 2.33. The number of nitriles is 1. The molecule has 5 heteroatoms. The molecule has 1 amide bonds. The molecule has 0 saturated carbocycles. The van der Waals surface area contributed by atoms with Crippen molar-refractivity contribution in [1.82, 2.24) is 4.90 Å². The van der Waals surface area contributed by atoms with Crippen LogP contribution in [0.5, 0.6) is 0 Å². The summed E-state index contributed by atoms with van der Waals surface area (Å²) in [5.41, 5.74) is 1.60. The zero-order chi connectivity index (χ0) is 16.4. The van der Waals surface area contributed by atoms with Gasteiger partial charge >= 0.3 is 0 Å². The number of halogens is 1. The predicted molar refractivity (Wildman–Crippen MR) is 82.0 cm³/mol. The van der Waals surface area contributed by atoms with Crippen LogP contribution >= 0.6 is 0 Å². The van der Waals surface area contributed by atoms with Crippen LogP contribution in [0.15, 0.2) is 48.5 Å². The van der Waals surface area contributed by atoms with Crippen molar-refractivity contribution in [2.75, 3.05) is 6.54 Å². The van der Waals surface area contributed by atoms with Crippen molar-refractivity contribution < 1.29 is 14.3 Å². The van der Waals surface area contributed by atoms with Crippen LogP contribution in [0.2, 0.25) is 0 Å². The maximum Gasteiger partial charge on any atom is 0.254 e. The smallest absolute Gasteiger partial charge is 0.254 e. The summed E-state index contributed by atoms with van der Waals surface area (Å²) in [5.74, 6) is -0.583. The van der Waals surface area contributed by atoms with E-state index in [2.05, 4.69) is 0 Å². The third-order valence-electron chi connectivity index (χ3n) is 4.03. The van der Waals surface area contributed by atoms with Crippen LogP contribution in [0.3, 0.4) is 0 Å². The van der Waals surface area contributed by atoms with Gasteiger partial charge in [-0.15, -0.1) is 0 Å². The van der Waals surface area contributed by atoms with Crippen molar-refractivity contribution in [2.24, 2.45) is 0 Å². The van der Waals surface area contributed by atoms with Gasteiger partial charge in [-0.25, -0.2) is 4.39 Å². The summed E-state index contributed by atoms with van der Waals surface area (Å²) >= 11 is 0. The quantitative estimate of drug-likeness (QED) is 0.927. The molecule has 1 aliphatic rings. The molecule has 0 spiro atoms. The van der Waals surface area contributed by atoms with Crippen LogP contribution in [-0.2, 0) is 0 Å². The van der Waals surface area contributed by atoms with Crippen molar-refractivity contribution >= 4 is 5.91 Å². The molecule has 3 rings (SSSR count). The molecule has 2 aromatic carbocycles. The van der Waals surface area contributed by atoms with Gasteiger partial charge in [0.2, 0.25) is 0 Å². The second-order valence-electron chi connectivity index (χ2n) is 5.61. The lowest BCUT2D eigenvalue weighted by molar-refractivity contribution is 0.0716. The molecule has 23 heavy (non-hydrogen) atoms. The number of aliphatic hydroxyl groups excluding tert-OH is 1. The Morgan fingerprint density at radius 1 is 1.26 bits per heavy atom. The molecule has 2 atom stereocenters. The molecular weight excluding hydrogens is 295 g/mol. The summed E-state index contributed by atoms with van der Waals surface area (Å²) in [5, 5.41) is 18.9. The summed E-state index contributed by atoms with van der Waals surface area (Å²) < 4.78 is 13.1. The number of aliphatic hydroxyl groups is 1. The number of carbonyl (C=O) groups is 1. The van der Waals surface area contributed by atoms with E-state index in [1.807, 2.05) is 6.07 Å². The van der Waals surface area contributed by atoms with Crippen LogP contribution < -0.4 is 0 Å². The van der Waals surface area contributed by atoms with E-state index in [9.17, 15) is 14.3 Å². The van der Waals surface area contributed by atoms with E-state index in [0.717, 1.165) is 5.56 Å². The summed E-state index contributed by atoms with van der Waals surface area (Å²) in [7, 11) is 0. The summed E-state index contributed by atoms with van der Waals surface area (Å²) in [6, 6.07) is 14.1. The normalized spacial score (nSPS) is 20.3. The van der Waals surface area contributed by atoms with Crippen molar-refractivity contribution in [1.29, 1.82) is 5.26 Å². The number of carbonyl (C=O) groups excluding carboxylic acids is 1. The van der Waals surface area contributed by atoms with E-state index >= 15 is 0 Å². The Bertz CT molecular complexity index is 767. The molecule has 2 aromatic rings. The van der Waals surface area contributed by atoms with E-state index < -0.39 is 6.10 Å². The number of benzene rings is 2. The molecule has 1 aliphatic heterocycles. The lowest BCUT2D eigenvalue weighted by atomic mass is 10.0. The van der Waals surface area contributed by atoms with Gasteiger partial charge in [-0.3, -0.25) is 4.79 Å². The minimum Gasteiger partial charge on any atom is -0.391 e. The van der Waals surface area contributed by atoms with E-state index in [1.165, 1.54) is 18.2 Å². The Hall–Kier alpha value is -2.71. The minimum absolute atomic E-state index is 0.220. The zero-order valence-electron chi connectivity index (χ0n) is 12.3. The minimum atomic E-state index is -0.617. The molecule has 1 heterocycles. The van der Waals surface area contributed by atoms with Gasteiger partial charge in [0.1, 0.15) is 5.82 Å². The first-order valence-electron chi connectivity index (χ1n) is 7.33. The molecule has 0 bridgehead atoms. The highest BCUT2D eigenvalue weighted by Gasteiger charge is 2.35. The molecular formula is C18H15FN2O2. The summed E-state index contributed by atoms with van der Waals surface area (Å²) in [4.78, 5) is 14.3. The van der Waals surface area contributed by atoms with Gasteiger partial charge < -0.3 is 10.0 Å². The molecule has 0 aliphatic carbocycles. The van der Waals surface area contributed by atoms with Crippen LogP contribution in [0.25, 0.3) is 0 Å². The number of hydrogen-bond acceptors (Lipinski definition) is 3. The van der Waals surface area contributed by atoms with Gasteiger partial charge in [0.25, 0.3) is 5.91 Å². The Balaban J connectivity index is 1.91. The maximum atomic E-state index is 13.1. The highest BCUT2D eigenvalue weighted by molar-refractivity contribution is 5.95. The van der Waals surface area contributed by atoms with Gasteiger partial charge in [-0.1, -0.05) is 18.2 Å². The number of amides is 1. The van der Waals surface area contributed by atoms with Crippen molar-refractivity contribution in [3.05, 3.63) is 71.0 Å². The van der Waals surface area contributed by atoms with E-state index in [-0.39, 0.29) is 24.3 Å². The fourth-order valence-electron chi connectivity index (χ4n) is 2.93. The molecule has 1 N–H and O–H groups in total. The Labute approximate surface area is 133 Å². The van der Waals surface area contributed by atoms with Crippen LogP contribution in [0.1, 0.15) is 33.9 Å². The Morgan fingerprint density at radius 3 is 2.70 bits per heavy atom. The van der Waals surface area contributed by atoms with Gasteiger partial charge in [0.15, 0.2) is 0 Å². The summed E-state index contributed by atoms with van der Waals surface area (Å²) in [6.07, 6.45) is -0.205. The molecule has 1 fully saturated rings. The SMILES string of the molecule is N#Cc1cccc(C(=O)N2C[C@@H](O)C[C@@H]2c2ccc(F)cc2)c1. The predicted octanol–water partition coefficient (Wildman–Crippen LogP) is 2.65. The fourth-order valence-corrected chi connectivity index (χ4v) is 2.93. The van der Waals surface area contributed by atoms with Crippen LogP contribution in [0.4, 0.5) is 4.39 Å². The third-order valence-corrected chi connectivity index (χ3v) is 4.03. The molecule has 0 aromatic heterocycles. The van der Waals surface area contributed by atoms with E-state index in [4.69, 9.17) is 5.26 Å². The highest BCUT2D eigenvalue weighted by atomic mass is 19.1. The average Bonchev–Trinajstić information content (AvgIpc) is 2.96. The lowest BCUT2D eigenvalue weighted by Crippen LogP contribution is -2.31. The van der Waals surface area contributed by atoms with Crippen molar-refractivity contribution in [3.8, 4) is 6.07 Å². The van der Waals surface area contributed by atoms with Gasteiger partial charge in [0, 0.05) is 12.1 Å². The number of nitrogens with zero attached hydrogens (tertiary/aromatic N) is 2. The van der Waals surface area contributed by atoms with Crippen LogP contribution in [0, 0.1) is 17.1 Å². The topological polar surface area (TPSA) is 64.3 Å². The Kier molecular flexibility index (Phi) is 4.09. The lowest BCUT2D eigenvalue weighted by Gasteiger charge is -2.25. The monoisotopic (exact) mass is 310 g/mol. The number of likely N-dealkylation sites (tertiary alicyclic amines) is 1. The van der Waals surface area contributed by atoms with Gasteiger partial charge in [-0.05, 0) is 42.3 Å². The Morgan fingerprint density at radius 2 is 2.00 bits per heavy atom. The molecule has 0 radical (unpaired) electrons. The average molecular weight is 310 g/mol. The van der Waals surface area contributed by atoms with Crippen molar-refractivity contribution in [2.45, 2.75) is 18.6 Å². The second kappa shape index (κ2) is 6.19. The molecule has 0 unspecified atom stereocenters. The molecule has 1 saturated heterocycles. The fraction of sp³-hybridized carbons (Fsp3) is 0.222. The van der Waals surface area contributed by atoms with Gasteiger partial charge in [0.05, 0.1) is 23.8 Å². The standard InChI is InChI=1S/C18H15FN2O2/c19-15-6-4-13(5-7-15)17-9-16(22)11-21(17)18(23)14-3-1-2-12(8-14)10-20/h1-8,16-17,22H,9,11H2/t16-,17+/m0/s1. The first-order chi connectivity index (χ1) is 11.1. The van der Waals surface area contributed by atoms with Gasteiger partial charge in [-0.2, -0.15) is 5.26 Å². The number of rotatable bonds is 2. The number of β-amino-alcohol motifs (C(OH)–C–C–N with tert-alkyl or cyclic N) is 1. The maximum absolute atomic E-state index is 13.1. The summed E-state index contributed by atoms with van der Waals surface area (Å²) in [6.45, 7) is 0.220. The second-order valence-corrected chi connectivity index (χ2v) is 5.61. The zero-order valence-corrected chi connectivity index (χ0v) is 12.3. The first-order valence-corrected chi connectivity index (χ1v) is 7.33. The molecule has 4 nitrogen and oxygen atoms in total. The van der Waals surface area contributed by atoms with E-state index in [1.54, 1.807) is 35.2 Å². The van der Waals surface area contributed by atoms with E-state index in [0.29, 0.717) is 17.5 Å². The van der Waals surface area contributed by atoms with Crippen molar-refractivity contribution in [3.63, 3.8) is 0 Å².